The first-order chi connectivity index (χ1) is 9.13. The Morgan fingerprint density at radius 3 is 2.68 bits per heavy atom. The molecule has 0 N–H and O–H groups in total. The molecule has 0 bridgehead atoms. The molecule has 0 amide bonds. The number of thioether (sulfide) groups is 1. The molecular weight excluding hydrogens is 301 g/mol. The summed E-state index contributed by atoms with van der Waals surface area (Å²) in [5, 5.41) is 0.709. The molecule has 1 unspecified atom stereocenters. The van der Waals surface area contributed by atoms with Crippen LogP contribution in [0.1, 0.15) is 21.2 Å². The number of nitrogens with zero attached hydrogens (tertiary/aromatic N) is 1. The van der Waals surface area contributed by atoms with Gasteiger partial charge >= 0.3 is 0 Å². The van der Waals surface area contributed by atoms with Gasteiger partial charge in [0.1, 0.15) is 0 Å². The van der Waals surface area contributed by atoms with Gasteiger partial charge in [0.15, 0.2) is 5.78 Å². The zero-order valence-electron chi connectivity index (χ0n) is 10.1. The summed E-state index contributed by atoms with van der Waals surface area (Å²) in [7, 11) is 0. The topological polar surface area (TPSA) is 30.0 Å². The predicted molar refractivity (Wildman–Crippen MR) is 81.3 cm³/mol. The maximum Gasteiger partial charge on any atom is 0.181 e. The summed E-state index contributed by atoms with van der Waals surface area (Å²) in [6.45, 7) is 0. The number of hydrogen-bond donors (Lipinski definition) is 0. The van der Waals surface area contributed by atoms with E-state index in [1.807, 2.05) is 6.26 Å². The number of ketones is 1. The number of carbonyl (C=O) groups excluding carboxylic acids is 1. The van der Waals surface area contributed by atoms with Crippen LogP contribution in [0.5, 0.6) is 0 Å². The number of benzene rings is 1. The van der Waals surface area contributed by atoms with Gasteiger partial charge in [-0.2, -0.15) is 0 Å². The Kier molecular flexibility index (Phi) is 4.86. The fraction of sp³-hybridized carbons (Fsp3) is 0.143. The molecule has 0 aliphatic heterocycles. The van der Waals surface area contributed by atoms with Gasteiger partial charge in [0, 0.05) is 28.0 Å². The van der Waals surface area contributed by atoms with Crippen molar-refractivity contribution in [2.24, 2.45) is 0 Å². The smallest absolute Gasteiger partial charge is 0.181 e. The molecular formula is C14H11Cl2NOS. The molecule has 0 fully saturated rings. The van der Waals surface area contributed by atoms with Crippen LogP contribution >= 0.6 is 35.0 Å². The lowest BCUT2D eigenvalue weighted by Gasteiger charge is -2.15. The van der Waals surface area contributed by atoms with E-state index < -0.39 is 0 Å². The molecule has 2 nitrogen and oxygen atoms in total. The van der Waals surface area contributed by atoms with E-state index in [0.29, 0.717) is 15.6 Å². The standard InChI is InChI=1S/C14H11Cl2NOS/c1-19-14(11-5-4-10(15)7-12(11)16)13(18)9-3-2-6-17-8-9/h2-8,14H,1H3. The predicted octanol–water partition coefficient (Wildman–Crippen LogP) is 4.68. The van der Waals surface area contributed by atoms with E-state index in [-0.39, 0.29) is 11.0 Å². The number of carbonyl (C=O) groups is 1. The van der Waals surface area contributed by atoms with E-state index in [1.54, 1.807) is 42.7 Å². The third kappa shape index (κ3) is 3.30. The number of hydrogen-bond acceptors (Lipinski definition) is 3. The lowest BCUT2D eigenvalue weighted by Crippen LogP contribution is -2.10. The molecule has 1 atom stereocenters. The third-order valence-electron chi connectivity index (χ3n) is 2.66. The Morgan fingerprint density at radius 1 is 1.32 bits per heavy atom. The van der Waals surface area contributed by atoms with Gasteiger partial charge in [-0.15, -0.1) is 11.8 Å². The lowest BCUT2D eigenvalue weighted by molar-refractivity contribution is 0.0989. The zero-order chi connectivity index (χ0) is 13.8. The quantitative estimate of drug-likeness (QED) is 0.768. The van der Waals surface area contributed by atoms with Gasteiger partial charge in [-0.3, -0.25) is 9.78 Å². The number of Topliss-reactive ketones (excluding diaryl/α,β-unsaturated/α-hetero) is 1. The van der Waals surface area contributed by atoms with Crippen LogP contribution in [0, 0.1) is 0 Å². The van der Waals surface area contributed by atoms with Crippen molar-refractivity contribution in [3.8, 4) is 0 Å². The molecule has 0 radical (unpaired) electrons. The molecule has 19 heavy (non-hydrogen) atoms. The van der Waals surface area contributed by atoms with Crippen molar-refractivity contribution in [1.82, 2.24) is 4.98 Å². The second-order valence-electron chi connectivity index (χ2n) is 3.89. The first-order valence-electron chi connectivity index (χ1n) is 5.55. The Bertz CT molecular complexity index is 589. The van der Waals surface area contributed by atoms with Gasteiger partial charge in [0.2, 0.25) is 0 Å². The molecule has 0 spiro atoms. The summed E-state index contributed by atoms with van der Waals surface area (Å²) in [6, 6.07) is 8.68. The highest BCUT2D eigenvalue weighted by molar-refractivity contribution is 7.99. The van der Waals surface area contributed by atoms with E-state index in [2.05, 4.69) is 4.98 Å². The minimum Gasteiger partial charge on any atom is -0.292 e. The normalized spacial score (nSPS) is 12.2. The zero-order valence-corrected chi connectivity index (χ0v) is 12.5. The number of pyridine rings is 1. The van der Waals surface area contributed by atoms with Crippen LogP contribution in [-0.2, 0) is 0 Å². The van der Waals surface area contributed by atoms with Crippen molar-refractivity contribution in [3.05, 3.63) is 63.9 Å². The first kappa shape index (κ1) is 14.4. The monoisotopic (exact) mass is 311 g/mol. The first-order valence-corrected chi connectivity index (χ1v) is 7.60. The fourth-order valence-corrected chi connectivity index (χ4v) is 3.14. The van der Waals surface area contributed by atoms with E-state index >= 15 is 0 Å². The second-order valence-corrected chi connectivity index (χ2v) is 5.67. The van der Waals surface area contributed by atoms with Crippen molar-refractivity contribution in [1.29, 1.82) is 0 Å². The summed E-state index contributed by atoms with van der Waals surface area (Å²) in [5.74, 6) is -0.00942. The number of halogens is 2. The highest BCUT2D eigenvalue weighted by Crippen LogP contribution is 2.35. The van der Waals surface area contributed by atoms with Gasteiger partial charge in [-0.1, -0.05) is 29.3 Å². The van der Waals surface area contributed by atoms with Gasteiger partial charge < -0.3 is 0 Å². The maximum absolute atomic E-state index is 12.5. The van der Waals surface area contributed by atoms with Crippen molar-refractivity contribution >= 4 is 40.7 Å². The minimum atomic E-state index is -0.353. The molecule has 0 saturated heterocycles. The van der Waals surface area contributed by atoms with Crippen LogP contribution in [0.3, 0.4) is 0 Å². The van der Waals surface area contributed by atoms with Crippen LogP contribution in [0.2, 0.25) is 10.0 Å². The van der Waals surface area contributed by atoms with E-state index in [9.17, 15) is 4.79 Å². The molecule has 2 rings (SSSR count). The molecule has 1 heterocycles. The molecule has 0 aliphatic carbocycles. The summed E-state index contributed by atoms with van der Waals surface area (Å²) >= 11 is 13.5. The molecule has 0 saturated carbocycles. The molecule has 1 aromatic carbocycles. The summed E-state index contributed by atoms with van der Waals surface area (Å²) in [5.41, 5.74) is 1.35. The maximum atomic E-state index is 12.5. The molecule has 0 aliphatic rings. The Morgan fingerprint density at radius 2 is 2.11 bits per heavy atom. The van der Waals surface area contributed by atoms with Gasteiger partial charge in [0.05, 0.1) is 5.25 Å². The SMILES string of the molecule is CSC(C(=O)c1cccnc1)c1ccc(Cl)cc1Cl. The molecule has 98 valence electrons. The van der Waals surface area contributed by atoms with Crippen molar-refractivity contribution in [3.63, 3.8) is 0 Å². The number of rotatable bonds is 4. The Balaban J connectivity index is 2.37. The third-order valence-corrected chi connectivity index (χ3v) is 4.17. The lowest BCUT2D eigenvalue weighted by atomic mass is 10.0. The Labute approximate surface area is 126 Å². The largest absolute Gasteiger partial charge is 0.292 e. The molecule has 5 heteroatoms. The van der Waals surface area contributed by atoms with E-state index in [4.69, 9.17) is 23.2 Å². The highest BCUT2D eigenvalue weighted by atomic mass is 35.5. The fourth-order valence-electron chi connectivity index (χ4n) is 1.75. The highest BCUT2D eigenvalue weighted by Gasteiger charge is 2.23. The average Bonchev–Trinajstić information content (AvgIpc) is 2.42. The second kappa shape index (κ2) is 6.42. The van der Waals surface area contributed by atoms with Crippen LogP contribution in [0.25, 0.3) is 0 Å². The van der Waals surface area contributed by atoms with Gasteiger partial charge in [-0.25, -0.2) is 0 Å². The summed E-state index contributed by atoms with van der Waals surface area (Å²) in [4.78, 5) is 16.4. The number of aromatic nitrogens is 1. The van der Waals surface area contributed by atoms with Crippen LogP contribution < -0.4 is 0 Å². The van der Waals surface area contributed by atoms with E-state index in [0.717, 1.165) is 5.56 Å². The van der Waals surface area contributed by atoms with Crippen LogP contribution in [-0.4, -0.2) is 17.0 Å². The van der Waals surface area contributed by atoms with Crippen molar-refractivity contribution in [2.75, 3.05) is 6.26 Å². The van der Waals surface area contributed by atoms with E-state index in [1.165, 1.54) is 11.8 Å². The van der Waals surface area contributed by atoms with Crippen molar-refractivity contribution in [2.45, 2.75) is 5.25 Å². The molecule has 1 aromatic heterocycles. The van der Waals surface area contributed by atoms with Gasteiger partial charge in [-0.05, 0) is 36.1 Å². The van der Waals surface area contributed by atoms with Crippen molar-refractivity contribution < 1.29 is 4.79 Å². The van der Waals surface area contributed by atoms with Gasteiger partial charge in [0.25, 0.3) is 0 Å². The summed E-state index contributed by atoms with van der Waals surface area (Å²) in [6.07, 6.45) is 5.08. The van der Waals surface area contributed by atoms with Crippen LogP contribution in [0.15, 0.2) is 42.7 Å². The van der Waals surface area contributed by atoms with Crippen LogP contribution in [0.4, 0.5) is 0 Å². The summed E-state index contributed by atoms with van der Waals surface area (Å²) < 4.78 is 0. The average molecular weight is 312 g/mol. The Hall–Kier alpha value is -1.03. The molecule has 2 aromatic rings. The minimum absolute atomic E-state index is 0.00942.